The normalized spacial score (nSPS) is 19.6. The predicted octanol–water partition coefficient (Wildman–Crippen LogP) is 2.34. The Bertz CT molecular complexity index is 516. The Kier molecular flexibility index (Phi) is 4.25. The summed E-state index contributed by atoms with van der Waals surface area (Å²) < 4.78 is 0. The standard InChI is InChI=1S/C15H22ClN3O/c1-10(17-4)11-5-6-13(12(16)9-11)19-8-7-18-14(20)15(19,2)3/h5-6,9-10,17H,7-8H2,1-4H3,(H,18,20). The van der Waals surface area contributed by atoms with E-state index in [0.29, 0.717) is 11.6 Å². The van der Waals surface area contributed by atoms with Crippen LogP contribution in [-0.2, 0) is 4.79 Å². The third kappa shape index (κ3) is 2.63. The smallest absolute Gasteiger partial charge is 0.245 e. The maximum atomic E-state index is 12.0. The Balaban J connectivity index is 2.35. The molecule has 0 saturated carbocycles. The summed E-state index contributed by atoms with van der Waals surface area (Å²) in [7, 11) is 1.92. The molecule has 1 aromatic carbocycles. The lowest BCUT2D eigenvalue weighted by molar-refractivity contribution is -0.126. The maximum absolute atomic E-state index is 12.0. The number of piperazine rings is 1. The van der Waals surface area contributed by atoms with Crippen molar-refractivity contribution >= 4 is 23.2 Å². The Morgan fingerprint density at radius 2 is 2.15 bits per heavy atom. The van der Waals surface area contributed by atoms with Gasteiger partial charge in [-0.2, -0.15) is 0 Å². The minimum Gasteiger partial charge on any atom is -0.355 e. The van der Waals surface area contributed by atoms with Gasteiger partial charge in [0.2, 0.25) is 5.91 Å². The molecule has 1 unspecified atom stereocenters. The van der Waals surface area contributed by atoms with Crippen LogP contribution in [0.4, 0.5) is 5.69 Å². The SMILES string of the molecule is CNC(C)c1ccc(N2CCNC(=O)C2(C)C)c(Cl)c1. The molecule has 1 aromatic rings. The van der Waals surface area contributed by atoms with Gasteiger partial charge in [-0.15, -0.1) is 0 Å². The molecular formula is C15H22ClN3O. The van der Waals surface area contributed by atoms with Crippen LogP contribution in [0, 0.1) is 0 Å². The van der Waals surface area contributed by atoms with Crippen molar-refractivity contribution in [3.8, 4) is 0 Å². The van der Waals surface area contributed by atoms with Gasteiger partial charge in [0.05, 0.1) is 10.7 Å². The summed E-state index contributed by atoms with van der Waals surface area (Å²) in [5.41, 5.74) is 1.47. The second kappa shape index (κ2) is 5.62. The first-order valence-electron chi connectivity index (χ1n) is 6.90. The van der Waals surface area contributed by atoms with Crippen LogP contribution in [0.3, 0.4) is 0 Å². The highest BCUT2D eigenvalue weighted by molar-refractivity contribution is 6.33. The molecule has 1 amide bonds. The molecule has 0 radical (unpaired) electrons. The van der Waals surface area contributed by atoms with Crippen LogP contribution < -0.4 is 15.5 Å². The minimum atomic E-state index is -0.585. The Hall–Kier alpha value is -1.26. The van der Waals surface area contributed by atoms with Crippen LogP contribution in [0.25, 0.3) is 0 Å². The van der Waals surface area contributed by atoms with E-state index < -0.39 is 5.54 Å². The number of halogens is 1. The molecular weight excluding hydrogens is 274 g/mol. The summed E-state index contributed by atoms with van der Waals surface area (Å²) in [6, 6.07) is 6.29. The number of anilines is 1. The molecule has 20 heavy (non-hydrogen) atoms. The summed E-state index contributed by atoms with van der Waals surface area (Å²) in [6.45, 7) is 7.33. The average Bonchev–Trinajstić information content (AvgIpc) is 2.41. The fourth-order valence-corrected chi connectivity index (χ4v) is 2.79. The van der Waals surface area contributed by atoms with Crippen LogP contribution in [-0.4, -0.2) is 31.6 Å². The van der Waals surface area contributed by atoms with Gasteiger partial charge in [-0.25, -0.2) is 0 Å². The molecule has 0 aromatic heterocycles. The van der Waals surface area contributed by atoms with Crippen molar-refractivity contribution in [3.05, 3.63) is 28.8 Å². The maximum Gasteiger partial charge on any atom is 0.245 e. The Morgan fingerprint density at radius 1 is 1.45 bits per heavy atom. The summed E-state index contributed by atoms with van der Waals surface area (Å²) in [5.74, 6) is 0.0347. The lowest BCUT2D eigenvalue weighted by Crippen LogP contribution is -2.62. The Morgan fingerprint density at radius 3 is 2.75 bits per heavy atom. The quantitative estimate of drug-likeness (QED) is 0.899. The van der Waals surface area contributed by atoms with E-state index in [1.54, 1.807) is 0 Å². The molecule has 0 spiro atoms. The van der Waals surface area contributed by atoms with Gasteiger partial charge >= 0.3 is 0 Å². The van der Waals surface area contributed by atoms with Crippen LogP contribution in [0.2, 0.25) is 5.02 Å². The second-order valence-corrected chi connectivity index (χ2v) is 6.09. The van der Waals surface area contributed by atoms with Gasteiger partial charge in [0, 0.05) is 19.1 Å². The van der Waals surface area contributed by atoms with Gasteiger partial charge in [-0.3, -0.25) is 4.79 Å². The lowest BCUT2D eigenvalue weighted by atomic mass is 9.97. The first-order valence-corrected chi connectivity index (χ1v) is 7.28. The van der Waals surface area contributed by atoms with E-state index >= 15 is 0 Å². The van der Waals surface area contributed by atoms with Gasteiger partial charge in [-0.05, 0) is 45.5 Å². The topological polar surface area (TPSA) is 44.4 Å². The average molecular weight is 296 g/mol. The van der Waals surface area contributed by atoms with Gasteiger partial charge < -0.3 is 15.5 Å². The number of nitrogens with one attached hydrogen (secondary N) is 2. The molecule has 110 valence electrons. The zero-order valence-electron chi connectivity index (χ0n) is 12.5. The second-order valence-electron chi connectivity index (χ2n) is 5.69. The van der Waals surface area contributed by atoms with Gasteiger partial charge in [0.15, 0.2) is 0 Å². The van der Waals surface area contributed by atoms with E-state index in [4.69, 9.17) is 11.6 Å². The van der Waals surface area contributed by atoms with Crippen molar-refractivity contribution in [1.29, 1.82) is 0 Å². The van der Waals surface area contributed by atoms with Crippen LogP contribution in [0.5, 0.6) is 0 Å². The summed E-state index contributed by atoms with van der Waals surface area (Å²) in [6.07, 6.45) is 0. The first kappa shape index (κ1) is 15.1. The number of rotatable bonds is 3. The van der Waals surface area contributed by atoms with Crippen molar-refractivity contribution in [1.82, 2.24) is 10.6 Å². The summed E-state index contributed by atoms with van der Waals surface area (Å²) in [4.78, 5) is 14.1. The van der Waals surface area contributed by atoms with Crippen molar-refractivity contribution in [3.63, 3.8) is 0 Å². The summed E-state index contributed by atoms with van der Waals surface area (Å²) >= 11 is 6.44. The molecule has 0 aliphatic carbocycles. The van der Waals surface area contributed by atoms with Crippen LogP contribution >= 0.6 is 11.6 Å². The van der Waals surface area contributed by atoms with Gasteiger partial charge in [0.1, 0.15) is 5.54 Å². The predicted molar refractivity (Wildman–Crippen MR) is 83.4 cm³/mol. The molecule has 1 aliphatic rings. The molecule has 1 heterocycles. The molecule has 1 aliphatic heterocycles. The fourth-order valence-electron chi connectivity index (χ4n) is 2.50. The van der Waals surface area contributed by atoms with Crippen molar-refractivity contribution < 1.29 is 4.79 Å². The highest BCUT2D eigenvalue weighted by Gasteiger charge is 2.38. The molecule has 5 heteroatoms. The Labute approximate surface area is 125 Å². The van der Waals surface area contributed by atoms with E-state index in [2.05, 4.69) is 28.5 Å². The monoisotopic (exact) mass is 295 g/mol. The number of hydrogen-bond donors (Lipinski definition) is 2. The van der Waals surface area contributed by atoms with E-state index in [1.165, 1.54) is 0 Å². The molecule has 2 N–H and O–H groups in total. The van der Waals surface area contributed by atoms with Crippen molar-refractivity contribution in [2.45, 2.75) is 32.4 Å². The van der Waals surface area contributed by atoms with Crippen LogP contribution in [0.15, 0.2) is 18.2 Å². The van der Waals surface area contributed by atoms with Gasteiger partial charge in [0.25, 0.3) is 0 Å². The third-order valence-corrected chi connectivity index (χ3v) is 4.35. The highest BCUT2D eigenvalue weighted by atomic mass is 35.5. The van der Waals surface area contributed by atoms with E-state index in [0.717, 1.165) is 17.8 Å². The summed E-state index contributed by atoms with van der Waals surface area (Å²) in [5, 5.41) is 6.78. The number of benzene rings is 1. The highest BCUT2D eigenvalue weighted by Crippen LogP contribution is 2.34. The van der Waals surface area contributed by atoms with E-state index in [-0.39, 0.29) is 11.9 Å². The van der Waals surface area contributed by atoms with Gasteiger partial charge in [-0.1, -0.05) is 17.7 Å². The van der Waals surface area contributed by atoms with E-state index in [1.807, 2.05) is 33.0 Å². The molecule has 0 bridgehead atoms. The van der Waals surface area contributed by atoms with Crippen molar-refractivity contribution in [2.24, 2.45) is 0 Å². The molecule has 1 atom stereocenters. The molecule has 2 rings (SSSR count). The number of nitrogens with zero attached hydrogens (tertiary/aromatic N) is 1. The zero-order valence-corrected chi connectivity index (χ0v) is 13.2. The van der Waals surface area contributed by atoms with Crippen LogP contribution in [0.1, 0.15) is 32.4 Å². The third-order valence-electron chi connectivity index (χ3n) is 4.05. The largest absolute Gasteiger partial charge is 0.355 e. The zero-order chi connectivity index (χ0) is 14.9. The lowest BCUT2D eigenvalue weighted by Gasteiger charge is -2.43. The number of hydrogen-bond acceptors (Lipinski definition) is 3. The van der Waals surface area contributed by atoms with Crippen molar-refractivity contribution in [2.75, 3.05) is 25.0 Å². The minimum absolute atomic E-state index is 0.0347. The van der Waals surface area contributed by atoms with E-state index in [9.17, 15) is 4.79 Å². The molecule has 1 fully saturated rings. The molecule has 4 nitrogen and oxygen atoms in total. The number of amides is 1. The number of carbonyl (C=O) groups is 1. The first-order chi connectivity index (χ1) is 9.37. The number of carbonyl (C=O) groups excluding carboxylic acids is 1. The molecule has 1 saturated heterocycles. The fraction of sp³-hybridized carbons (Fsp3) is 0.533.